The molecule has 1 aromatic carbocycles. The Hall–Kier alpha value is -2.09. The van der Waals surface area contributed by atoms with Crippen LogP contribution in [0, 0.1) is 0 Å². The van der Waals surface area contributed by atoms with E-state index in [4.69, 9.17) is 23.2 Å². The standard InChI is InChI=1S/C17H14Cl2N4O2S/c1-2-23-16(25)11-5-3-4-6-13(11)21-17(23)26-9-14(24)22-15-12(19)7-10(18)8-20-15/h3-8H,2,9H2,1H3,(H,20,22,24). The number of carbonyl (C=O) groups is 1. The van der Waals surface area contributed by atoms with Crippen molar-refractivity contribution in [2.24, 2.45) is 0 Å². The number of carbonyl (C=O) groups excluding carboxylic acids is 1. The van der Waals surface area contributed by atoms with E-state index < -0.39 is 0 Å². The van der Waals surface area contributed by atoms with Crippen molar-refractivity contribution in [1.29, 1.82) is 0 Å². The van der Waals surface area contributed by atoms with E-state index in [9.17, 15) is 9.59 Å². The molecule has 6 nitrogen and oxygen atoms in total. The zero-order chi connectivity index (χ0) is 18.7. The minimum Gasteiger partial charge on any atom is -0.309 e. The third-order valence-corrected chi connectivity index (χ3v) is 5.01. The molecule has 134 valence electrons. The minimum atomic E-state index is -0.309. The number of benzene rings is 1. The lowest BCUT2D eigenvalue weighted by Gasteiger charge is -2.11. The molecular weight excluding hydrogens is 395 g/mol. The molecule has 3 rings (SSSR count). The van der Waals surface area contributed by atoms with Gasteiger partial charge in [0.05, 0.1) is 26.7 Å². The molecule has 0 aliphatic carbocycles. The summed E-state index contributed by atoms with van der Waals surface area (Å²) < 4.78 is 1.55. The lowest BCUT2D eigenvalue weighted by atomic mass is 10.2. The zero-order valence-electron chi connectivity index (χ0n) is 13.7. The van der Waals surface area contributed by atoms with Crippen LogP contribution in [0.15, 0.2) is 46.5 Å². The first-order valence-electron chi connectivity index (χ1n) is 7.73. The van der Waals surface area contributed by atoms with Gasteiger partial charge in [-0.3, -0.25) is 14.2 Å². The molecule has 0 saturated carbocycles. The van der Waals surface area contributed by atoms with E-state index in [2.05, 4.69) is 15.3 Å². The summed E-state index contributed by atoms with van der Waals surface area (Å²) in [6, 6.07) is 8.64. The quantitative estimate of drug-likeness (QED) is 0.512. The molecule has 0 atom stereocenters. The minimum absolute atomic E-state index is 0.0609. The summed E-state index contributed by atoms with van der Waals surface area (Å²) in [5.74, 6) is -0.0106. The summed E-state index contributed by atoms with van der Waals surface area (Å²) in [5, 5.41) is 4.30. The van der Waals surface area contributed by atoms with Gasteiger partial charge in [-0.1, -0.05) is 47.1 Å². The highest BCUT2D eigenvalue weighted by Gasteiger charge is 2.13. The van der Waals surface area contributed by atoms with Gasteiger partial charge in [0.25, 0.3) is 5.56 Å². The Bertz CT molecular complexity index is 1040. The normalized spacial score (nSPS) is 10.9. The maximum atomic E-state index is 12.6. The number of para-hydroxylation sites is 1. The fraction of sp³-hybridized carbons (Fsp3) is 0.176. The van der Waals surface area contributed by atoms with Gasteiger partial charge in [0, 0.05) is 12.7 Å². The van der Waals surface area contributed by atoms with E-state index in [0.29, 0.717) is 27.6 Å². The zero-order valence-corrected chi connectivity index (χ0v) is 16.0. The highest BCUT2D eigenvalue weighted by molar-refractivity contribution is 7.99. The molecule has 2 aromatic heterocycles. The lowest BCUT2D eigenvalue weighted by molar-refractivity contribution is -0.113. The van der Waals surface area contributed by atoms with Crippen molar-refractivity contribution in [1.82, 2.24) is 14.5 Å². The van der Waals surface area contributed by atoms with E-state index in [-0.39, 0.29) is 28.1 Å². The van der Waals surface area contributed by atoms with Gasteiger partial charge < -0.3 is 5.32 Å². The molecule has 2 heterocycles. The predicted octanol–water partition coefficient (Wildman–Crippen LogP) is 3.85. The molecule has 0 aliphatic rings. The van der Waals surface area contributed by atoms with Crippen LogP contribution in [0.2, 0.25) is 10.0 Å². The molecule has 0 unspecified atom stereocenters. The number of halogens is 2. The second-order valence-corrected chi connectivity index (χ2v) is 7.07. The molecule has 0 spiro atoms. The van der Waals surface area contributed by atoms with Crippen molar-refractivity contribution in [2.45, 2.75) is 18.6 Å². The number of fused-ring (bicyclic) bond motifs is 1. The van der Waals surface area contributed by atoms with Crippen LogP contribution >= 0.6 is 35.0 Å². The highest BCUT2D eigenvalue weighted by atomic mass is 35.5. The number of nitrogens with zero attached hydrogens (tertiary/aromatic N) is 3. The SMILES string of the molecule is CCn1c(SCC(=O)Nc2ncc(Cl)cc2Cl)nc2ccccc2c1=O. The molecule has 26 heavy (non-hydrogen) atoms. The summed E-state index contributed by atoms with van der Waals surface area (Å²) in [6.45, 7) is 2.32. The molecule has 3 aromatic rings. The van der Waals surface area contributed by atoms with Crippen molar-refractivity contribution in [3.05, 3.63) is 56.9 Å². The van der Waals surface area contributed by atoms with Gasteiger partial charge in [-0.2, -0.15) is 0 Å². The Morgan fingerprint density at radius 2 is 2.08 bits per heavy atom. The summed E-state index contributed by atoms with van der Waals surface area (Å²) in [7, 11) is 0. The Morgan fingerprint density at radius 1 is 1.31 bits per heavy atom. The fourth-order valence-electron chi connectivity index (χ4n) is 2.34. The summed E-state index contributed by atoms with van der Waals surface area (Å²) in [5.41, 5.74) is 0.482. The number of hydrogen-bond acceptors (Lipinski definition) is 5. The number of rotatable bonds is 5. The van der Waals surface area contributed by atoms with Gasteiger partial charge in [-0.15, -0.1) is 0 Å². The van der Waals surface area contributed by atoms with Crippen LogP contribution in [-0.2, 0) is 11.3 Å². The third kappa shape index (κ3) is 4.00. The second kappa shape index (κ2) is 8.07. The highest BCUT2D eigenvalue weighted by Crippen LogP contribution is 2.23. The maximum Gasteiger partial charge on any atom is 0.262 e. The summed E-state index contributed by atoms with van der Waals surface area (Å²) in [4.78, 5) is 33.2. The number of amides is 1. The van der Waals surface area contributed by atoms with Gasteiger partial charge in [0.1, 0.15) is 0 Å². The van der Waals surface area contributed by atoms with Crippen LogP contribution in [0.25, 0.3) is 10.9 Å². The predicted molar refractivity (Wildman–Crippen MR) is 105 cm³/mol. The molecular formula is C17H14Cl2N4O2S. The molecule has 1 amide bonds. The van der Waals surface area contributed by atoms with E-state index in [1.807, 2.05) is 13.0 Å². The molecule has 1 N–H and O–H groups in total. The monoisotopic (exact) mass is 408 g/mol. The number of aromatic nitrogens is 3. The fourth-order valence-corrected chi connectivity index (χ4v) is 3.63. The van der Waals surface area contributed by atoms with Crippen LogP contribution < -0.4 is 10.9 Å². The number of anilines is 1. The van der Waals surface area contributed by atoms with E-state index >= 15 is 0 Å². The van der Waals surface area contributed by atoms with Gasteiger partial charge in [-0.05, 0) is 25.1 Å². The molecule has 0 aliphatic heterocycles. The van der Waals surface area contributed by atoms with Crippen LogP contribution in [0.3, 0.4) is 0 Å². The summed E-state index contributed by atoms with van der Waals surface area (Å²) >= 11 is 13.0. The van der Waals surface area contributed by atoms with Crippen molar-refractivity contribution >= 4 is 57.6 Å². The van der Waals surface area contributed by atoms with Crippen molar-refractivity contribution < 1.29 is 4.79 Å². The molecule has 0 bridgehead atoms. The van der Waals surface area contributed by atoms with Gasteiger partial charge in [-0.25, -0.2) is 9.97 Å². The van der Waals surface area contributed by atoms with Crippen molar-refractivity contribution in [3.63, 3.8) is 0 Å². The first-order valence-corrected chi connectivity index (χ1v) is 9.47. The average Bonchev–Trinajstić information content (AvgIpc) is 2.62. The van der Waals surface area contributed by atoms with E-state index in [1.54, 1.807) is 22.8 Å². The number of thioether (sulfide) groups is 1. The van der Waals surface area contributed by atoms with Gasteiger partial charge in [0.2, 0.25) is 5.91 Å². The second-order valence-electron chi connectivity index (χ2n) is 5.28. The third-order valence-electron chi connectivity index (χ3n) is 3.54. The first kappa shape index (κ1) is 18.7. The van der Waals surface area contributed by atoms with Crippen LogP contribution in [0.4, 0.5) is 5.82 Å². The van der Waals surface area contributed by atoms with Crippen LogP contribution in [-0.4, -0.2) is 26.2 Å². The maximum absolute atomic E-state index is 12.6. The first-order chi connectivity index (χ1) is 12.5. The van der Waals surface area contributed by atoms with Crippen molar-refractivity contribution in [3.8, 4) is 0 Å². The number of nitrogens with one attached hydrogen (secondary N) is 1. The smallest absolute Gasteiger partial charge is 0.262 e. The molecule has 0 saturated heterocycles. The topological polar surface area (TPSA) is 76.9 Å². The summed E-state index contributed by atoms with van der Waals surface area (Å²) in [6.07, 6.45) is 1.40. The van der Waals surface area contributed by atoms with Gasteiger partial charge >= 0.3 is 0 Å². The average molecular weight is 409 g/mol. The number of pyridine rings is 1. The Labute approximate surface area is 163 Å². The molecule has 0 fully saturated rings. The number of hydrogen-bond donors (Lipinski definition) is 1. The molecule has 0 radical (unpaired) electrons. The van der Waals surface area contributed by atoms with Gasteiger partial charge in [0.15, 0.2) is 11.0 Å². The van der Waals surface area contributed by atoms with Crippen LogP contribution in [0.1, 0.15) is 6.92 Å². The largest absolute Gasteiger partial charge is 0.309 e. The Kier molecular flexibility index (Phi) is 5.80. The van der Waals surface area contributed by atoms with E-state index in [1.165, 1.54) is 24.0 Å². The Morgan fingerprint density at radius 3 is 2.81 bits per heavy atom. The van der Waals surface area contributed by atoms with E-state index in [0.717, 1.165) is 0 Å². The molecule has 9 heteroatoms. The lowest BCUT2D eigenvalue weighted by Crippen LogP contribution is -2.23. The van der Waals surface area contributed by atoms with Crippen LogP contribution in [0.5, 0.6) is 0 Å². The van der Waals surface area contributed by atoms with Crippen molar-refractivity contribution in [2.75, 3.05) is 11.1 Å². The Balaban J connectivity index is 1.78.